The summed E-state index contributed by atoms with van der Waals surface area (Å²) in [7, 11) is 0. The van der Waals surface area contributed by atoms with Gasteiger partial charge in [0.2, 0.25) is 0 Å². The molecule has 0 spiro atoms. The van der Waals surface area contributed by atoms with Gasteiger partial charge in [0, 0.05) is 58.2 Å². The average Bonchev–Trinajstić information content (AvgIpc) is 3.51. The van der Waals surface area contributed by atoms with Crippen LogP contribution in [0.4, 0.5) is 0 Å². The molecule has 0 aromatic carbocycles. The number of hydrogen-bond acceptors (Lipinski definition) is 4. The van der Waals surface area contributed by atoms with E-state index in [0.29, 0.717) is 47.5 Å². The Kier molecular flexibility index (Phi) is 7.79. The number of nitrogens with zero attached hydrogens (tertiary/aromatic N) is 2. The van der Waals surface area contributed by atoms with Crippen LogP contribution < -0.4 is 16.0 Å². The highest BCUT2D eigenvalue weighted by Crippen LogP contribution is 2.28. The Morgan fingerprint density at radius 2 is 1.72 bits per heavy atom. The van der Waals surface area contributed by atoms with Crippen molar-refractivity contribution in [1.29, 1.82) is 0 Å². The van der Waals surface area contributed by atoms with Crippen LogP contribution in [0.5, 0.6) is 0 Å². The first-order valence-electron chi connectivity index (χ1n) is 14.2. The Balaban J connectivity index is 1.66. The second-order valence-corrected chi connectivity index (χ2v) is 11.1. The molecule has 0 saturated heterocycles. The van der Waals surface area contributed by atoms with Gasteiger partial charge in [-0.15, -0.1) is 0 Å². The molecule has 0 atom stereocenters. The Bertz CT molecular complexity index is 1890. The van der Waals surface area contributed by atoms with E-state index in [0.717, 1.165) is 49.9 Å². The first-order chi connectivity index (χ1) is 20.4. The Morgan fingerprint density at radius 1 is 1.02 bits per heavy atom. The third-order valence-corrected chi connectivity index (χ3v) is 8.58. The number of carboxylic acids is 2. The predicted molar refractivity (Wildman–Crippen MR) is 163 cm³/mol. The van der Waals surface area contributed by atoms with Crippen LogP contribution in [-0.4, -0.2) is 49.2 Å². The first kappa shape index (κ1) is 29.5. The van der Waals surface area contributed by atoms with Crippen molar-refractivity contribution in [3.8, 4) is 0 Å². The summed E-state index contributed by atoms with van der Waals surface area (Å²) in [6.07, 6.45) is 8.43. The van der Waals surface area contributed by atoms with Gasteiger partial charge in [0.25, 0.3) is 11.8 Å². The minimum Gasteiger partial charge on any atom is -0.481 e. The zero-order valence-corrected chi connectivity index (χ0v) is 24.7. The molecule has 0 radical (unpaired) electrons. The highest BCUT2D eigenvalue weighted by atomic mass is 16.4. The van der Waals surface area contributed by atoms with E-state index in [1.165, 1.54) is 0 Å². The van der Waals surface area contributed by atoms with E-state index < -0.39 is 11.9 Å². The molecule has 3 aliphatic heterocycles. The number of carbonyl (C=O) groups is 4. The second-order valence-electron chi connectivity index (χ2n) is 11.1. The lowest BCUT2D eigenvalue weighted by atomic mass is 10.00. The fourth-order valence-electron chi connectivity index (χ4n) is 6.12. The third-order valence-electron chi connectivity index (χ3n) is 8.58. The van der Waals surface area contributed by atoms with Gasteiger partial charge in [-0.05, 0) is 93.0 Å². The van der Waals surface area contributed by atoms with Crippen LogP contribution in [0.25, 0.3) is 18.2 Å². The number of fused-ring (bicyclic) bond motifs is 2. The van der Waals surface area contributed by atoms with E-state index in [2.05, 4.69) is 32.5 Å². The molecule has 2 amide bonds. The van der Waals surface area contributed by atoms with Crippen LogP contribution in [0.15, 0.2) is 45.6 Å². The van der Waals surface area contributed by atoms with Gasteiger partial charge in [0.15, 0.2) is 0 Å². The smallest absolute Gasteiger partial charge is 0.303 e. The van der Waals surface area contributed by atoms with Crippen molar-refractivity contribution in [2.45, 2.75) is 66.3 Å². The molecule has 0 saturated carbocycles. The fourth-order valence-corrected chi connectivity index (χ4v) is 6.12. The van der Waals surface area contributed by atoms with Gasteiger partial charge in [-0.1, -0.05) is 12.7 Å². The van der Waals surface area contributed by atoms with Gasteiger partial charge in [0.05, 0.1) is 11.4 Å². The monoisotopic (exact) mass is 582 g/mol. The van der Waals surface area contributed by atoms with Gasteiger partial charge in [-0.2, -0.15) is 0 Å². The average molecular weight is 583 g/mol. The van der Waals surface area contributed by atoms with Crippen LogP contribution in [-0.2, 0) is 38.6 Å². The van der Waals surface area contributed by atoms with E-state index >= 15 is 0 Å². The largest absolute Gasteiger partial charge is 0.481 e. The summed E-state index contributed by atoms with van der Waals surface area (Å²) in [6.45, 7) is 11.9. The summed E-state index contributed by atoms with van der Waals surface area (Å²) in [5.74, 6) is -2.41. The maximum atomic E-state index is 12.5. The van der Waals surface area contributed by atoms with Crippen molar-refractivity contribution in [1.82, 2.24) is 14.9 Å². The maximum Gasteiger partial charge on any atom is 0.303 e. The van der Waals surface area contributed by atoms with Crippen LogP contribution in [0.1, 0.15) is 66.8 Å². The van der Waals surface area contributed by atoms with Crippen molar-refractivity contribution >= 4 is 47.7 Å². The first-order valence-corrected chi connectivity index (χ1v) is 14.2. The Morgan fingerprint density at radius 3 is 2.40 bits per heavy atom. The summed E-state index contributed by atoms with van der Waals surface area (Å²) < 4.78 is 2.13. The van der Waals surface area contributed by atoms with Crippen molar-refractivity contribution < 1.29 is 29.4 Å². The molecular formula is C33H34N4O6. The molecule has 5 heterocycles. The maximum absolute atomic E-state index is 12.5. The molecule has 0 fully saturated rings. The van der Waals surface area contributed by atoms with E-state index in [1.807, 2.05) is 26.0 Å². The van der Waals surface area contributed by atoms with E-state index in [-0.39, 0.29) is 31.1 Å². The Labute approximate surface area is 248 Å². The lowest BCUT2D eigenvalue weighted by molar-refractivity contribution is -0.137. The minimum atomic E-state index is -0.961. The molecule has 43 heavy (non-hydrogen) atoms. The number of carboxylic acid groups (broad SMARTS) is 2. The highest BCUT2D eigenvalue weighted by molar-refractivity contribution is 6.31. The molecule has 10 heteroatoms. The van der Waals surface area contributed by atoms with Gasteiger partial charge in [0.1, 0.15) is 0 Å². The molecule has 0 unspecified atom stereocenters. The molecule has 2 aromatic rings. The standard InChI is InChI=1S/C33H34N4O6/c1-6-20-18(4)32(42)35-25(20)13-24-16(2)22-11-12-37-28(14-26(22)34-24)17(3)23(8-10-31(40)41)29(37)15-27-21(7-9-30(38)39)19(5)33(43)36-27/h6,13-15,34H,1,7-12H2,2-5H3,(H,35,42)(H,38,39)(H,40,41). The minimum absolute atomic E-state index is 0.0633. The lowest BCUT2D eigenvalue weighted by Gasteiger charge is -2.07. The summed E-state index contributed by atoms with van der Waals surface area (Å²) in [5.41, 5.74) is 9.31. The predicted octanol–water partition coefficient (Wildman–Crippen LogP) is 2.75. The topological polar surface area (TPSA) is 154 Å². The molecule has 3 aliphatic rings. The highest BCUT2D eigenvalue weighted by Gasteiger charge is 2.26. The number of aliphatic carboxylic acids is 2. The zero-order valence-electron chi connectivity index (χ0n) is 24.7. The lowest BCUT2D eigenvalue weighted by Crippen LogP contribution is -2.29. The third kappa shape index (κ3) is 5.36. The number of H-pyrrole nitrogens is 1. The number of amides is 2. The zero-order chi connectivity index (χ0) is 31.2. The van der Waals surface area contributed by atoms with Gasteiger partial charge in [-0.3, -0.25) is 19.2 Å². The number of allylic oxidation sites excluding steroid dienone is 2. The van der Waals surface area contributed by atoms with E-state index in [1.54, 1.807) is 19.9 Å². The van der Waals surface area contributed by atoms with Crippen LogP contribution in [0, 0.1) is 13.8 Å². The van der Waals surface area contributed by atoms with Crippen molar-refractivity contribution in [2.75, 3.05) is 0 Å². The molecule has 10 nitrogen and oxygen atoms in total. The van der Waals surface area contributed by atoms with Crippen LogP contribution >= 0.6 is 0 Å². The molecule has 4 N–H and O–H groups in total. The van der Waals surface area contributed by atoms with E-state index in [4.69, 9.17) is 0 Å². The van der Waals surface area contributed by atoms with Gasteiger partial charge in [-0.25, -0.2) is 4.99 Å². The van der Waals surface area contributed by atoms with Gasteiger partial charge >= 0.3 is 11.9 Å². The molecule has 222 valence electrons. The fraction of sp³-hybridized carbons (Fsp3) is 0.303. The van der Waals surface area contributed by atoms with Crippen LogP contribution in [0.2, 0.25) is 0 Å². The summed E-state index contributed by atoms with van der Waals surface area (Å²) >= 11 is 0. The normalized spacial score (nSPS) is 17.6. The van der Waals surface area contributed by atoms with Crippen molar-refractivity contribution in [3.05, 3.63) is 85.0 Å². The van der Waals surface area contributed by atoms with E-state index in [9.17, 15) is 29.4 Å². The molecular weight excluding hydrogens is 548 g/mol. The number of aliphatic imine (C=N–C) groups is 1. The molecule has 2 aromatic heterocycles. The number of rotatable bonds is 9. The number of aromatic amines is 1. The van der Waals surface area contributed by atoms with Crippen molar-refractivity contribution in [2.24, 2.45) is 4.99 Å². The number of hydrogen-bond donors (Lipinski definition) is 4. The Hall–Kier alpha value is -4.99. The SMILES string of the molecule is C=CC1=C(C)C(=O)NC1=Cc1[nH]c2c(c1C)CCn1c(c(C)c(CCC(=O)O)c1=CC1=NC(=O)C(C)=C1CCC(=O)O)=C2. The number of nitrogens with one attached hydrogen (secondary N) is 2. The van der Waals surface area contributed by atoms with Gasteiger partial charge < -0.3 is 25.1 Å². The quantitative estimate of drug-likeness (QED) is 0.357. The summed E-state index contributed by atoms with van der Waals surface area (Å²) in [5, 5.41) is 23.3. The summed E-state index contributed by atoms with van der Waals surface area (Å²) in [4.78, 5) is 55.4. The number of aromatic nitrogens is 2. The van der Waals surface area contributed by atoms with Crippen LogP contribution in [0.3, 0.4) is 0 Å². The second kappa shape index (κ2) is 11.4. The summed E-state index contributed by atoms with van der Waals surface area (Å²) in [6, 6.07) is 0. The molecule has 0 aliphatic carbocycles. The van der Waals surface area contributed by atoms with Crippen molar-refractivity contribution in [3.63, 3.8) is 0 Å². The molecule has 0 bridgehead atoms. The molecule has 5 rings (SSSR count). The number of carbonyl (C=O) groups excluding carboxylic acids is 2.